The van der Waals surface area contributed by atoms with Gasteiger partial charge in [-0.25, -0.2) is 4.79 Å². The van der Waals surface area contributed by atoms with Gasteiger partial charge in [-0.3, -0.25) is 4.79 Å². The van der Waals surface area contributed by atoms with E-state index in [-0.39, 0.29) is 18.0 Å². The lowest BCUT2D eigenvalue weighted by Crippen LogP contribution is -2.13. The highest BCUT2D eigenvalue weighted by molar-refractivity contribution is 9.10. The molecular weight excluding hydrogens is 374 g/mol. The van der Waals surface area contributed by atoms with Crippen LogP contribution in [0.5, 0.6) is 5.75 Å². The van der Waals surface area contributed by atoms with Crippen LogP contribution in [0.3, 0.4) is 0 Å². The monoisotopic (exact) mass is 391 g/mol. The molecule has 0 atom stereocenters. The number of hydrogen-bond donors (Lipinski definition) is 1. The van der Waals surface area contributed by atoms with Gasteiger partial charge in [0, 0.05) is 11.3 Å². The van der Waals surface area contributed by atoms with E-state index in [1.54, 1.807) is 63.4 Å². The van der Waals surface area contributed by atoms with Gasteiger partial charge in [0.1, 0.15) is 5.75 Å². The van der Waals surface area contributed by atoms with Crippen LogP contribution in [0.25, 0.3) is 0 Å². The first-order valence-electron chi connectivity index (χ1n) is 7.36. The Morgan fingerprint density at radius 3 is 2.21 bits per heavy atom. The van der Waals surface area contributed by atoms with Gasteiger partial charge in [-0.2, -0.15) is 0 Å². The number of rotatable bonds is 5. The Labute approximate surface area is 149 Å². The summed E-state index contributed by atoms with van der Waals surface area (Å²) in [4.78, 5) is 24.0. The summed E-state index contributed by atoms with van der Waals surface area (Å²) >= 11 is 3.35. The minimum Gasteiger partial charge on any atom is -0.496 e. The third kappa shape index (κ3) is 4.58. The Balaban J connectivity index is 2.07. The molecule has 1 amide bonds. The number of ether oxygens (including phenoxy) is 2. The molecule has 24 heavy (non-hydrogen) atoms. The largest absolute Gasteiger partial charge is 0.496 e. The first kappa shape index (κ1) is 18.0. The molecule has 0 bridgehead atoms. The van der Waals surface area contributed by atoms with Crippen LogP contribution < -0.4 is 10.1 Å². The number of esters is 1. The summed E-state index contributed by atoms with van der Waals surface area (Å²) in [6.45, 7) is 3.58. The molecule has 0 spiro atoms. The fraction of sp³-hybridized carbons (Fsp3) is 0.222. The molecule has 0 unspecified atom stereocenters. The molecule has 2 aromatic rings. The normalized spacial score (nSPS) is 10.4. The second-order valence-electron chi connectivity index (χ2n) is 5.33. The maximum absolute atomic E-state index is 12.3. The predicted molar refractivity (Wildman–Crippen MR) is 95.6 cm³/mol. The molecular formula is C18H18BrNO4. The number of methoxy groups -OCH3 is 1. The molecule has 2 rings (SSSR count). The molecule has 0 fully saturated rings. The first-order valence-corrected chi connectivity index (χ1v) is 8.16. The zero-order chi connectivity index (χ0) is 17.7. The highest BCUT2D eigenvalue weighted by atomic mass is 79.9. The van der Waals surface area contributed by atoms with Crippen molar-refractivity contribution < 1.29 is 19.1 Å². The first-order chi connectivity index (χ1) is 11.4. The molecule has 6 heteroatoms. The fourth-order valence-corrected chi connectivity index (χ4v) is 2.52. The summed E-state index contributed by atoms with van der Waals surface area (Å²) < 4.78 is 11.0. The molecule has 2 aromatic carbocycles. The average molecular weight is 392 g/mol. The second-order valence-corrected chi connectivity index (χ2v) is 6.19. The number of nitrogens with one attached hydrogen (secondary N) is 1. The standard InChI is InChI=1S/C18H18BrNO4/c1-11(2)24-18(22)12-4-7-14(8-5-12)20-17(21)13-6-9-16(23-3)15(19)10-13/h4-11H,1-3H3,(H,20,21). The van der Waals surface area contributed by atoms with E-state index in [1.165, 1.54) is 0 Å². The molecule has 0 aromatic heterocycles. The number of benzene rings is 2. The maximum Gasteiger partial charge on any atom is 0.338 e. The molecule has 0 aliphatic heterocycles. The zero-order valence-corrected chi connectivity index (χ0v) is 15.2. The summed E-state index contributed by atoms with van der Waals surface area (Å²) in [5.74, 6) is 0.0115. The summed E-state index contributed by atoms with van der Waals surface area (Å²) in [6.07, 6.45) is -0.176. The zero-order valence-electron chi connectivity index (χ0n) is 13.6. The van der Waals surface area contributed by atoms with Crippen LogP contribution in [0.1, 0.15) is 34.6 Å². The van der Waals surface area contributed by atoms with Crippen molar-refractivity contribution in [1.82, 2.24) is 0 Å². The van der Waals surface area contributed by atoms with Gasteiger partial charge in [0.05, 0.1) is 23.2 Å². The number of halogens is 1. The van der Waals surface area contributed by atoms with Crippen molar-refractivity contribution in [2.24, 2.45) is 0 Å². The average Bonchev–Trinajstić information content (AvgIpc) is 2.54. The topological polar surface area (TPSA) is 64.6 Å². The lowest BCUT2D eigenvalue weighted by Gasteiger charge is -2.10. The predicted octanol–water partition coefficient (Wildman–Crippen LogP) is 4.28. The fourth-order valence-electron chi connectivity index (χ4n) is 1.98. The van der Waals surface area contributed by atoms with E-state index in [9.17, 15) is 9.59 Å². The molecule has 0 saturated carbocycles. The molecule has 0 heterocycles. The van der Waals surface area contributed by atoms with Gasteiger partial charge in [-0.1, -0.05) is 0 Å². The Morgan fingerprint density at radius 1 is 1.04 bits per heavy atom. The number of carbonyl (C=O) groups excluding carboxylic acids is 2. The van der Waals surface area contributed by atoms with Crippen LogP contribution in [-0.2, 0) is 4.74 Å². The SMILES string of the molecule is COc1ccc(C(=O)Nc2ccc(C(=O)OC(C)C)cc2)cc1Br. The number of hydrogen-bond acceptors (Lipinski definition) is 4. The van der Waals surface area contributed by atoms with Crippen molar-refractivity contribution in [2.75, 3.05) is 12.4 Å². The van der Waals surface area contributed by atoms with Gasteiger partial charge >= 0.3 is 5.97 Å². The molecule has 5 nitrogen and oxygen atoms in total. The third-order valence-corrected chi connectivity index (χ3v) is 3.75. The smallest absolute Gasteiger partial charge is 0.338 e. The quantitative estimate of drug-likeness (QED) is 0.772. The Kier molecular flexibility index (Phi) is 5.98. The van der Waals surface area contributed by atoms with E-state index < -0.39 is 0 Å². The maximum atomic E-state index is 12.3. The second kappa shape index (κ2) is 7.97. The van der Waals surface area contributed by atoms with Crippen molar-refractivity contribution >= 4 is 33.5 Å². The van der Waals surface area contributed by atoms with Crippen LogP contribution in [-0.4, -0.2) is 25.1 Å². The molecule has 0 radical (unpaired) electrons. The Morgan fingerprint density at radius 2 is 1.67 bits per heavy atom. The van der Waals surface area contributed by atoms with Crippen molar-refractivity contribution in [3.8, 4) is 5.75 Å². The van der Waals surface area contributed by atoms with Crippen LogP contribution >= 0.6 is 15.9 Å². The highest BCUT2D eigenvalue weighted by Gasteiger charge is 2.11. The van der Waals surface area contributed by atoms with Crippen molar-refractivity contribution in [2.45, 2.75) is 20.0 Å². The summed E-state index contributed by atoms with van der Waals surface area (Å²) in [5, 5.41) is 2.78. The van der Waals surface area contributed by atoms with E-state index >= 15 is 0 Å². The number of anilines is 1. The summed E-state index contributed by atoms with van der Waals surface area (Å²) in [7, 11) is 1.56. The van der Waals surface area contributed by atoms with Gasteiger partial charge in [0.2, 0.25) is 0 Å². The Hall–Kier alpha value is -2.34. The van der Waals surface area contributed by atoms with E-state index in [2.05, 4.69) is 21.2 Å². The number of carbonyl (C=O) groups is 2. The van der Waals surface area contributed by atoms with Crippen LogP contribution in [0.4, 0.5) is 5.69 Å². The third-order valence-electron chi connectivity index (χ3n) is 3.14. The van der Waals surface area contributed by atoms with E-state index in [4.69, 9.17) is 9.47 Å². The lowest BCUT2D eigenvalue weighted by atomic mass is 10.1. The molecule has 1 N–H and O–H groups in total. The highest BCUT2D eigenvalue weighted by Crippen LogP contribution is 2.26. The summed E-state index contributed by atoms with van der Waals surface area (Å²) in [6, 6.07) is 11.6. The minimum atomic E-state index is -0.387. The van der Waals surface area contributed by atoms with Crippen molar-refractivity contribution in [1.29, 1.82) is 0 Å². The Bertz CT molecular complexity index is 741. The number of amides is 1. The minimum absolute atomic E-state index is 0.176. The van der Waals surface area contributed by atoms with Gasteiger partial charge < -0.3 is 14.8 Å². The van der Waals surface area contributed by atoms with Crippen molar-refractivity contribution in [3.05, 3.63) is 58.1 Å². The van der Waals surface area contributed by atoms with Gasteiger partial charge in [-0.15, -0.1) is 0 Å². The van der Waals surface area contributed by atoms with E-state index in [0.29, 0.717) is 27.0 Å². The van der Waals surface area contributed by atoms with Gasteiger partial charge in [0.15, 0.2) is 0 Å². The van der Waals surface area contributed by atoms with Gasteiger partial charge in [-0.05, 0) is 72.2 Å². The molecule has 0 aliphatic rings. The van der Waals surface area contributed by atoms with E-state index in [0.717, 1.165) is 0 Å². The lowest BCUT2D eigenvalue weighted by molar-refractivity contribution is 0.0378. The molecule has 0 aliphatic carbocycles. The molecule has 126 valence electrons. The van der Waals surface area contributed by atoms with Crippen molar-refractivity contribution in [3.63, 3.8) is 0 Å². The van der Waals surface area contributed by atoms with Crippen LogP contribution in [0.15, 0.2) is 46.9 Å². The van der Waals surface area contributed by atoms with Crippen LogP contribution in [0.2, 0.25) is 0 Å². The van der Waals surface area contributed by atoms with Gasteiger partial charge in [0.25, 0.3) is 5.91 Å². The van der Waals surface area contributed by atoms with E-state index in [1.807, 2.05) is 0 Å². The van der Waals surface area contributed by atoms with Crippen LogP contribution in [0, 0.1) is 0 Å². The summed E-state index contributed by atoms with van der Waals surface area (Å²) in [5.41, 5.74) is 1.52. The molecule has 0 saturated heterocycles.